The van der Waals surface area contributed by atoms with E-state index in [0.29, 0.717) is 9.87 Å². The third kappa shape index (κ3) is 9.83. The van der Waals surface area contributed by atoms with Gasteiger partial charge < -0.3 is 23.7 Å². The number of esters is 1. The number of benzene rings is 2. The van der Waals surface area contributed by atoms with Gasteiger partial charge in [-0.3, -0.25) is 9.69 Å². The summed E-state index contributed by atoms with van der Waals surface area (Å²) < 4.78 is 69.9. The molecule has 0 fully saturated rings. The number of carbonyl (C=O) groups excluding carboxylic acids is 2. The third-order valence-corrected chi connectivity index (χ3v) is 16.2. The molecule has 16 heteroatoms. The van der Waals surface area contributed by atoms with E-state index in [1.165, 1.54) is 12.1 Å². The normalized spacial score (nSPS) is 14.7. The van der Waals surface area contributed by atoms with Gasteiger partial charge in [0.05, 0.1) is 18.3 Å². The molecule has 1 aliphatic rings. The van der Waals surface area contributed by atoms with Gasteiger partial charge in [-0.25, -0.2) is 23.0 Å². The average Bonchev–Trinajstić information content (AvgIpc) is 3.40. The van der Waals surface area contributed by atoms with Crippen molar-refractivity contribution < 1.29 is 50.9 Å². The highest BCUT2D eigenvalue weighted by Crippen LogP contribution is 2.47. The molecule has 0 aliphatic carbocycles. The number of carbonyl (C=O) groups is 3. The van der Waals surface area contributed by atoms with Gasteiger partial charge in [0, 0.05) is 18.1 Å². The van der Waals surface area contributed by atoms with Crippen molar-refractivity contribution in [1.29, 1.82) is 0 Å². The largest absolute Gasteiger partial charge is 0.487 e. The maximum Gasteiger partial charge on any atom is 0.422 e. The summed E-state index contributed by atoms with van der Waals surface area (Å²) in [4.78, 5) is 39.5. The highest BCUT2D eigenvalue weighted by molar-refractivity contribution is 7.91. The molecular formula is C36H52FN3O10SSi. The number of amides is 2. The molecule has 0 aromatic heterocycles. The molecule has 2 aromatic rings. The molecule has 0 saturated carbocycles. The number of hydrogen-bond donors (Lipinski definition) is 2. The van der Waals surface area contributed by atoms with Gasteiger partial charge in [-0.1, -0.05) is 84.5 Å². The van der Waals surface area contributed by atoms with Crippen LogP contribution in [0.2, 0.25) is 16.6 Å². The van der Waals surface area contributed by atoms with Crippen molar-refractivity contribution in [2.75, 3.05) is 29.0 Å². The van der Waals surface area contributed by atoms with Crippen molar-refractivity contribution in [3.63, 3.8) is 0 Å². The number of hydrogen-bond acceptors (Lipinski definition) is 9. The van der Waals surface area contributed by atoms with Crippen LogP contribution < -0.4 is 18.7 Å². The molecule has 0 saturated heterocycles. The smallest absolute Gasteiger partial charge is 0.422 e. The summed E-state index contributed by atoms with van der Waals surface area (Å²) in [5, 5.41) is 10.5. The minimum atomic E-state index is -5.10. The number of carboxylic acid groups (broad SMARTS) is 1. The van der Waals surface area contributed by atoms with Crippen LogP contribution in [0.4, 0.5) is 25.4 Å². The fourth-order valence-corrected chi connectivity index (χ4v) is 13.4. The molecule has 0 bridgehead atoms. The lowest BCUT2D eigenvalue weighted by Gasteiger charge is -2.43. The third-order valence-electron chi connectivity index (χ3n) is 8.80. The van der Waals surface area contributed by atoms with Crippen molar-refractivity contribution in [1.82, 2.24) is 4.72 Å². The van der Waals surface area contributed by atoms with Crippen molar-refractivity contribution >= 4 is 48.1 Å². The van der Waals surface area contributed by atoms with E-state index in [0.717, 1.165) is 4.90 Å². The van der Waals surface area contributed by atoms with Gasteiger partial charge in [-0.05, 0) is 43.0 Å². The molecule has 1 aliphatic heterocycles. The lowest BCUT2D eigenvalue weighted by Crippen LogP contribution is -2.51. The fraction of sp³-hybridized carbons (Fsp3) is 0.528. The van der Waals surface area contributed by atoms with Crippen LogP contribution in [0.15, 0.2) is 49.1 Å². The van der Waals surface area contributed by atoms with Crippen LogP contribution in [0.1, 0.15) is 73.4 Å². The van der Waals surface area contributed by atoms with Crippen LogP contribution >= 0.6 is 0 Å². The van der Waals surface area contributed by atoms with E-state index in [2.05, 4.69) is 48.1 Å². The van der Waals surface area contributed by atoms with Gasteiger partial charge in [-0.2, -0.15) is 8.42 Å². The molecule has 288 valence electrons. The minimum Gasteiger partial charge on any atom is -0.487 e. The lowest BCUT2D eigenvalue weighted by atomic mass is 10.1. The molecule has 2 aromatic carbocycles. The Bertz CT molecular complexity index is 1690. The summed E-state index contributed by atoms with van der Waals surface area (Å²) in [6, 6.07) is 9.07. The summed E-state index contributed by atoms with van der Waals surface area (Å²) in [5.41, 5.74) is -0.796. The van der Waals surface area contributed by atoms with Crippen molar-refractivity contribution in [2.24, 2.45) is 0 Å². The second-order valence-corrected chi connectivity index (χ2v) is 21.6. The number of nitrogens with one attached hydrogen (secondary N) is 1. The molecule has 2 amide bonds. The fourth-order valence-electron chi connectivity index (χ4n) is 6.89. The lowest BCUT2D eigenvalue weighted by molar-refractivity contribution is -0.152. The van der Waals surface area contributed by atoms with E-state index >= 15 is 4.39 Å². The Kier molecular flexibility index (Phi) is 13.9. The highest BCUT2D eigenvalue weighted by atomic mass is 32.2. The second-order valence-electron chi connectivity index (χ2n) is 14.5. The summed E-state index contributed by atoms with van der Waals surface area (Å²) in [6.07, 6.45) is -1.74. The number of nitrogens with zero attached hydrogens (tertiary/aromatic N) is 2. The zero-order chi connectivity index (χ0) is 39.2. The van der Waals surface area contributed by atoms with E-state index in [4.69, 9.17) is 18.6 Å². The standard InChI is InChI=1S/C36H52FN3O10SSi/c1-11-17-47-34(42)38-51(45,46)39(20-31(41)50-36(8,9)10)33-30(48-21-26-15-13-12-14-16-26)19-29-28(32(33)37)18-27(40(29)35(43)44)22-49-52(23(2)3,24(4)5)25(6)7/h11-16,19,23-25,27H,1,17-18,20-22H2,2-10H3,(H,38,42)(H,43,44)/t27-/m1/s1. The van der Waals surface area contributed by atoms with Gasteiger partial charge >= 0.3 is 28.4 Å². The van der Waals surface area contributed by atoms with Crippen LogP contribution in [-0.4, -0.2) is 71.4 Å². The zero-order valence-electron chi connectivity index (χ0n) is 31.4. The monoisotopic (exact) mass is 765 g/mol. The van der Waals surface area contributed by atoms with Gasteiger partial charge in [0.2, 0.25) is 0 Å². The number of ether oxygens (including phenoxy) is 3. The molecule has 0 unspecified atom stereocenters. The Morgan fingerprint density at radius 1 is 1.10 bits per heavy atom. The zero-order valence-corrected chi connectivity index (χ0v) is 33.2. The summed E-state index contributed by atoms with van der Waals surface area (Å²) in [7, 11) is -7.59. The van der Waals surface area contributed by atoms with Crippen LogP contribution in [0, 0.1) is 5.82 Å². The molecule has 0 radical (unpaired) electrons. The SMILES string of the molecule is C=CCOC(=O)NS(=O)(=O)N(CC(=O)OC(C)(C)C)c1c(OCc2ccccc2)cc2c(c1F)C[C@H](CO[Si](C(C)C)(C(C)C)C(C)C)N2C(=O)O. The quantitative estimate of drug-likeness (QED) is 0.101. The van der Waals surface area contributed by atoms with E-state index in [1.54, 1.807) is 55.8 Å². The maximum absolute atomic E-state index is 17.2. The molecule has 3 rings (SSSR count). The summed E-state index contributed by atoms with van der Waals surface area (Å²) in [6.45, 7) is 19.0. The molecule has 1 heterocycles. The molecule has 52 heavy (non-hydrogen) atoms. The van der Waals surface area contributed by atoms with Crippen molar-refractivity contribution in [2.45, 2.75) is 104 Å². The Labute approximate surface area is 307 Å². The van der Waals surface area contributed by atoms with Gasteiger partial charge in [0.15, 0.2) is 14.1 Å². The van der Waals surface area contributed by atoms with E-state index in [9.17, 15) is 27.9 Å². The molecule has 13 nitrogen and oxygen atoms in total. The number of rotatable bonds is 16. The van der Waals surface area contributed by atoms with Crippen molar-refractivity contribution in [3.05, 3.63) is 66.0 Å². The molecule has 1 atom stereocenters. The Morgan fingerprint density at radius 2 is 1.69 bits per heavy atom. The van der Waals surface area contributed by atoms with Crippen molar-refractivity contribution in [3.8, 4) is 5.75 Å². The number of fused-ring (bicyclic) bond motifs is 1. The second kappa shape index (κ2) is 17.1. The Balaban J connectivity index is 2.24. The predicted octanol–water partition coefficient (Wildman–Crippen LogP) is 7.31. The Morgan fingerprint density at radius 3 is 2.21 bits per heavy atom. The first-order valence-electron chi connectivity index (χ1n) is 17.1. The highest BCUT2D eigenvalue weighted by Gasteiger charge is 2.47. The Hall–Kier alpha value is -4.15. The first kappa shape index (κ1) is 42.3. The molecular weight excluding hydrogens is 714 g/mol. The van der Waals surface area contributed by atoms with Crippen LogP contribution in [0.25, 0.3) is 0 Å². The predicted molar refractivity (Wildman–Crippen MR) is 199 cm³/mol. The maximum atomic E-state index is 17.2. The van der Waals surface area contributed by atoms with E-state index in [-0.39, 0.29) is 54.1 Å². The topological polar surface area (TPSA) is 161 Å². The first-order chi connectivity index (χ1) is 24.2. The molecule has 0 spiro atoms. The van der Waals surface area contributed by atoms with Gasteiger partial charge in [0.25, 0.3) is 0 Å². The minimum absolute atomic E-state index is 0.0344. The van der Waals surface area contributed by atoms with Gasteiger partial charge in [0.1, 0.15) is 36.8 Å². The van der Waals surface area contributed by atoms with E-state index in [1.807, 2.05) is 0 Å². The van der Waals surface area contributed by atoms with Gasteiger partial charge in [-0.15, -0.1) is 0 Å². The average molecular weight is 766 g/mol. The van der Waals surface area contributed by atoms with Crippen LogP contribution in [0.5, 0.6) is 5.75 Å². The summed E-state index contributed by atoms with van der Waals surface area (Å²) in [5.74, 6) is -2.64. The molecule has 2 N–H and O–H groups in total. The van der Waals surface area contributed by atoms with Crippen LogP contribution in [0.3, 0.4) is 0 Å². The first-order valence-corrected chi connectivity index (χ1v) is 20.7. The van der Waals surface area contributed by atoms with Crippen LogP contribution in [-0.2, 0) is 41.9 Å². The number of halogens is 1. The van der Waals surface area contributed by atoms with E-state index < -0.39 is 72.1 Å². The number of anilines is 2. The summed E-state index contributed by atoms with van der Waals surface area (Å²) >= 11 is 0.